The number of amides is 2. The molecule has 1 fully saturated rings. The van der Waals surface area contributed by atoms with E-state index in [0.29, 0.717) is 30.9 Å². The van der Waals surface area contributed by atoms with Gasteiger partial charge in [0.2, 0.25) is 5.91 Å². The number of primary amides is 1. The van der Waals surface area contributed by atoms with Crippen molar-refractivity contribution in [3.63, 3.8) is 0 Å². The number of carbonyl (C=O) groups excluding carboxylic acids is 2. The van der Waals surface area contributed by atoms with Crippen molar-refractivity contribution >= 4 is 39.1 Å². The van der Waals surface area contributed by atoms with Crippen molar-refractivity contribution in [1.29, 1.82) is 0 Å². The number of hydrogen-bond acceptors (Lipinski definition) is 6. The fourth-order valence-corrected chi connectivity index (χ4v) is 5.24. The molecule has 0 unspecified atom stereocenters. The second kappa shape index (κ2) is 8.93. The number of aromatic nitrogens is 1. The molecule has 1 aliphatic heterocycles. The van der Waals surface area contributed by atoms with Crippen LogP contribution in [-0.2, 0) is 4.79 Å². The molecule has 2 N–H and O–H groups in total. The van der Waals surface area contributed by atoms with E-state index in [4.69, 9.17) is 10.5 Å². The molecule has 8 heteroatoms. The minimum absolute atomic E-state index is 0.0977. The Morgan fingerprint density at radius 1 is 1.32 bits per heavy atom. The van der Waals surface area contributed by atoms with Crippen LogP contribution in [0.25, 0.3) is 10.2 Å². The molecule has 2 aromatic heterocycles. The number of nitrogens with two attached hydrogens (primary N) is 1. The Bertz CT molecular complexity index is 1110. The van der Waals surface area contributed by atoms with Crippen LogP contribution in [0.1, 0.15) is 34.0 Å². The predicted octanol–water partition coefficient (Wildman–Crippen LogP) is 3.25. The number of hydrogen-bond donors (Lipinski definition) is 1. The first-order valence-corrected chi connectivity index (χ1v) is 11.1. The zero-order valence-corrected chi connectivity index (χ0v) is 18.5. The van der Waals surface area contributed by atoms with E-state index in [0.717, 1.165) is 33.6 Å². The van der Waals surface area contributed by atoms with Crippen LogP contribution in [-0.4, -0.2) is 55.5 Å². The standard InChI is InChI=1S/C23H26N4O3S/c1-26(16-5-3-6-17(13-16)30-2)11-9-19(28)27-12-8-15(14-27)20-18-7-4-10-25-23(18)31-21(20)22(24)29/h3-7,10,13,15H,8-9,11-12,14H2,1-2H3,(H2,24,29)/t15-/m1/s1. The summed E-state index contributed by atoms with van der Waals surface area (Å²) < 4.78 is 5.28. The SMILES string of the molecule is COc1cccc(N(C)CCC(=O)N2CC[C@@H](c3c(C(N)=O)sc4ncccc34)C2)c1. The summed E-state index contributed by atoms with van der Waals surface area (Å²) in [4.78, 5) is 34.6. The van der Waals surface area contributed by atoms with Crippen LogP contribution in [0.3, 0.4) is 0 Å². The summed E-state index contributed by atoms with van der Waals surface area (Å²) >= 11 is 1.34. The van der Waals surface area contributed by atoms with E-state index in [2.05, 4.69) is 9.88 Å². The number of nitrogens with zero attached hydrogens (tertiary/aromatic N) is 3. The number of rotatable bonds is 7. The monoisotopic (exact) mass is 438 g/mol. The molecule has 1 atom stereocenters. The average molecular weight is 439 g/mol. The zero-order chi connectivity index (χ0) is 22.0. The van der Waals surface area contributed by atoms with Gasteiger partial charge in [0, 0.05) is 62.4 Å². The molecular weight excluding hydrogens is 412 g/mol. The van der Waals surface area contributed by atoms with E-state index in [1.807, 2.05) is 48.3 Å². The number of likely N-dealkylation sites (tertiary alicyclic amines) is 1. The summed E-state index contributed by atoms with van der Waals surface area (Å²) in [7, 11) is 3.61. The maximum Gasteiger partial charge on any atom is 0.259 e. The van der Waals surface area contributed by atoms with E-state index in [-0.39, 0.29) is 11.8 Å². The summed E-state index contributed by atoms with van der Waals surface area (Å²) in [6.07, 6.45) is 2.96. The van der Waals surface area contributed by atoms with E-state index in [1.54, 1.807) is 13.3 Å². The Kier molecular flexibility index (Phi) is 6.08. The molecule has 0 aliphatic carbocycles. The highest BCUT2D eigenvalue weighted by molar-refractivity contribution is 7.20. The highest BCUT2D eigenvalue weighted by Gasteiger charge is 2.32. The minimum Gasteiger partial charge on any atom is -0.497 e. The van der Waals surface area contributed by atoms with Crippen LogP contribution in [0.4, 0.5) is 5.69 Å². The van der Waals surface area contributed by atoms with E-state index >= 15 is 0 Å². The number of benzene rings is 1. The topological polar surface area (TPSA) is 88.8 Å². The molecule has 31 heavy (non-hydrogen) atoms. The Labute approximate surface area is 185 Å². The normalized spacial score (nSPS) is 15.9. The van der Waals surface area contributed by atoms with Crippen LogP contribution in [0.15, 0.2) is 42.6 Å². The van der Waals surface area contributed by atoms with Gasteiger partial charge < -0.3 is 20.3 Å². The molecule has 2 amide bonds. The summed E-state index contributed by atoms with van der Waals surface area (Å²) in [5.74, 6) is 0.583. The molecule has 7 nitrogen and oxygen atoms in total. The summed E-state index contributed by atoms with van der Waals surface area (Å²) in [6, 6.07) is 11.6. The largest absolute Gasteiger partial charge is 0.497 e. The van der Waals surface area contributed by atoms with Gasteiger partial charge in [0.1, 0.15) is 10.6 Å². The first-order valence-electron chi connectivity index (χ1n) is 10.3. The lowest BCUT2D eigenvalue weighted by Crippen LogP contribution is -2.32. The first-order chi connectivity index (χ1) is 15.0. The van der Waals surface area contributed by atoms with Crippen molar-refractivity contribution in [2.45, 2.75) is 18.8 Å². The number of anilines is 1. The van der Waals surface area contributed by atoms with Crippen LogP contribution in [0.5, 0.6) is 5.75 Å². The maximum absolute atomic E-state index is 12.9. The number of ether oxygens (including phenoxy) is 1. The van der Waals surface area contributed by atoms with E-state index in [1.165, 1.54) is 11.3 Å². The highest BCUT2D eigenvalue weighted by Crippen LogP contribution is 2.39. The van der Waals surface area contributed by atoms with Crippen LogP contribution in [0, 0.1) is 0 Å². The third kappa shape index (κ3) is 4.34. The number of thiophene rings is 1. The molecule has 0 saturated carbocycles. The zero-order valence-electron chi connectivity index (χ0n) is 17.7. The Morgan fingerprint density at radius 3 is 2.94 bits per heavy atom. The van der Waals surface area contributed by atoms with Gasteiger partial charge in [0.15, 0.2) is 0 Å². The lowest BCUT2D eigenvalue weighted by Gasteiger charge is -2.22. The number of carbonyl (C=O) groups is 2. The van der Waals surface area contributed by atoms with Gasteiger partial charge in [0.25, 0.3) is 5.91 Å². The minimum atomic E-state index is -0.428. The molecule has 1 aromatic carbocycles. The van der Waals surface area contributed by atoms with Gasteiger partial charge >= 0.3 is 0 Å². The summed E-state index contributed by atoms with van der Waals surface area (Å²) in [5.41, 5.74) is 7.60. The highest BCUT2D eigenvalue weighted by atomic mass is 32.1. The fraction of sp³-hybridized carbons (Fsp3) is 0.348. The molecule has 0 spiro atoms. The molecule has 3 aromatic rings. The van der Waals surface area contributed by atoms with Crippen LogP contribution >= 0.6 is 11.3 Å². The number of fused-ring (bicyclic) bond motifs is 1. The molecule has 1 saturated heterocycles. The third-order valence-electron chi connectivity index (χ3n) is 5.83. The van der Waals surface area contributed by atoms with Crippen molar-refractivity contribution in [3.05, 3.63) is 53.0 Å². The molecule has 162 valence electrons. The molecule has 0 bridgehead atoms. The summed E-state index contributed by atoms with van der Waals surface area (Å²) in [5, 5.41) is 0.971. The number of methoxy groups -OCH3 is 1. The van der Waals surface area contributed by atoms with Crippen molar-refractivity contribution in [2.24, 2.45) is 5.73 Å². The lowest BCUT2D eigenvalue weighted by molar-refractivity contribution is -0.129. The van der Waals surface area contributed by atoms with Gasteiger partial charge in [-0.1, -0.05) is 12.1 Å². The van der Waals surface area contributed by atoms with Crippen molar-refractivity contribution in [2.75, 3.05) is 38.7 Å². The first kappa shape index (κ1) is 21.1. The van der Waals surface area contributed by atoms with Gasteiger partial charge in [-0.05, 0) is 30.2 Å². The maximum atomic E-state index is 12.9. The van der Waals surface area contributed by atoms with Crippen LogP contribution < -0.4 is 15.4 Å². The second-order valence-corrected chi connectivity index (χ2v) is 8.76. The second-order valence-electron chi connectivity index (χ2n) is 7.76. The van der Waals surface area contributed by atoms with Gasteiger partial charge in [-0.25, -0.2) is 4.98 Å². The van der Waals surface area contributed by atoms with E-state index < -0.39 is 5.91 Å². The molecule has 4 rings (SSSR count). The van der Waals surface area contributed by atoms with Gasteiger partial charge in [-0.2, -0.15) is 0 Å². The number of pyridine rings is 1. The lowest BCUT2D eigenvalue weighted by atomic mass is 9.95. The smallest absolute Gasteiger partial charge is 0.259 e. The van der Waals surface area contributed by atoms with Crippen molar-refractivity contribution in [1.82, 2.24) is 9.88 Å². The van der Waals surface area contributed by atoms with E-state index in [9.17, 15) is 9.59 Å². The molecule has 3 heterocycles. The Hall–Kier alpha value is -3.13. The van der Waals surface area contributed by atoms with Crippen molar-refractivity contribution in [3.8, 4) is 5.75 Å². The Morgan fingerprint density at radius 2 is 2.16 bits per heavy atom. The molecular formula is C23H26N4O3S. The fourth-order valence-electron chi connectivity index (χ4n) is 4.16. The average Bonchev–Trinajstić information content (AvgIpc) is 3.42. The Balaban J connectivity index is 1.42. The quantitative estimate of drug-likeness (QED) is 0.612. The molecule has 0 radical (unpaired) electrons. The van der Waals surface area contributed by atoms with Gasteiger partial charge in [-0.3, -0.25) is 9.59 Å². The predicted molar refractivity (Wildman–Crippen MR) is 123 cm³/mol. The van der Waals surface area contributed by atoms with Gasteiger partial charge in [0.05, 0.1) is 12.0 Å². The summed E-state index contributed by atoms with van der Waals surface area (Å²) in [6.45, 7) is 1.90. The van der Waals surface area contributed by atoms with Gasteiger partial charge in [-0.15, -0.1) is 11.3 Å². The third-order valence-corrected chi connectivity index (χ3v) is 6.98. The van der Waals surface area contributed by atoms with Crippen LogP contribution in [0.2, 0.25) is 0 Å². The molecule has 1 aliphatic rings. The van der Waals surface area contributed by atoms with Crippen molar-refractivity contribution < 1.29 is 14.3 Å².